The Morgan fingerprint density at radius 2 is 1.65 bits per heavy atom. The molecule has 1 aromatic rings. The molecule has 3 atom stereocenters. The van der Waals surface area contributed by atoms with Crippen molar-refractivity contribution in [2.75, 3.05) is 0 Å². The molecule has 94 valence electrons. The lowest BCUT2D eigenvalue weighted by molar-refractivity contribution is -0.160. The Balaban J connectivity index is 2.37. The summed E-state index contributed by atoms with van der Waals surface area (Å²) >= 11 is 7.50. The number of rotatable bonds is 1. The summed E-state index contributed by atoms with van der Waals surface area (Å²) in [4.78, 5) is 0.686. The Morgan fingerprint density at radius 1 is 1.06 bits per heavy atom. The van der Waals surface area contributed by atoms with Crippen LogP contribution in [0.4, 0.5) is 0 Å². The van der Waals surface area contributed by atoms with Crippen LogP contribution in [0.2, 0.25) is 0 Å². The first-order valence-electron chi connectivity index (χ1n) is 5.90. The third-order valence-corrected chi connectivity index (χ3v) is 6.31. The van der Waals surface area contributed by atoms with Crippen molar-refractivity contribution in [3.05, 3.63) is 35.9 Å². The highest BCUT2D eigenvalue weighted by atomic mass is 79.9. The van der Waals surface area contributed by atoms with Crippen LogP contribution in [0.3, 0.4) is 0 Å². The monoisotopic (exact) mass is 360 g/mol. The van der Waals surface area contributed by atoms with Crippen molar-refractivity contribution in [2.45, 2.75) is 48.0 Å². The molecule has 17 heavy (non-hydrogen) atoms. The van der Waals surface area contributed by atoms with Gasteiger partial charge < -0.3 is 4.74 Å². The van der Waals surface area contributed by atoms with E-state index in [1.165, 1.54) is 5.56 Å². The molecule has 1 nitrogen and oxygen atoms in total. The molecule has 2 rings (SSSR count). The predicted molar refractivity (Wildman–Crippen MR) is 79.0 cm³/mol. The number of benzene rings is 1. The van der Waals surface area contributed by atoms with Crippen molar-refractivity contribution in [1.82, 2.24) is 0 Å². The number of ether oxygens (including phenoxy) is 1. The molecule has 0 spiro atoms. The van der Waals surface area contributed by atoms with E-state index in [9.17, 15) is 0 Å². The summed E-state index contributed by atoms with van der Waals surface area (Å²) in [5.74, 6) is 0. The fourth-order valence-corrected chi connectivity index (χ4v) is 4.07. The second-order valence-corrected chi connectivity index (χ2v) is 7.56. The van der Waals surface area contributed by atoms with Gasteiger partial charge in [-0.3, -0.25) is 0 Å². The number of hydrogen-bond acceptors (Lipinski definition) is 1. The lowest BCUT2D eigenvalue weighted by Crippen LogP contribution is -2.53. The average Bonchev–Trinajstić information content (AvgIpc) is 2.27. The molecule has 3 heteroatoms. The lowest BCUT2D eigenvalue weighted by atomic mass is 9.83. The van der Waals surface area contributed by atoms with Gasteiger partial charge in [0.15, 0.2) is 0 Å². The van der Waals surface area contributed by atoms with Gasteiger partial charge in [-0.2, -0.15) is 0 Å². The van der Waals surface area contributed by atoms with Crippen LogP contribution in [0.5, 0.6) is 0 Å². The van der Waals surface area contributed by atoms with E-state index in [0.717, 1.165) is 6.42 Å². The van der Waals surface area contributed by atoms with E-state index in [0.29, 0.717) is 9.65 Å². The van der Waals surface area contributed by atoms with Crippen LogP contribution in [0.1, 0.15) is 32.8 Å². The molecule has 1 aliphatic heterocycles. The van der Waals surface area contributed by atoms with Gasteiger partial charge in [0.05, 0.1) is 5.60 Å². The molecule has 0 aromatic heterocycles. The molecule has 0 aliphatic carbocycles. The molecular formula is C14H18Br2O. The average molecular weight is 362 g/mol. The van der Waals surface area contributed by atoms with Crippen molar-refractivity contribution in [3.8, 4) is 0 Å². The van der Waals surface area contributed by atoms with Gasteiger partial charge in [0, 0.05) is 9.65 Å². The summed E-state index contributed by atoms with van der Waals surface area (Å²) in [6, 6.07) is 10.4. The van der Waals surface area contributed by atoms with E-state index >= 15 is 0 Å². The van der Waals surface area contributed by atoms with Crippen molar-refractivity contribution in [3.63, 3.8) is 0 Å². The third-order valence-electron chi connectivity index (χ3n) is 3.59. The largest absolute Gasteiger partial charge is 0.362 e. The van der Waals surface area contributed by atoms with Gasteiger partial charge in [0.2, 0.25) is 0 Å². The van der Waals surface area contributed by atoms with Gasteiger partial charge in [-0.1, -0.05) is 62.2 Å². The summed E-state index contributed by atoms with van der Waals surface area (Å²) in [5.41, 5.74) is 0.804. The van der Waals surface area contributed by atoms with E-state index in [2.05, 4.69) is 76.9 Å². The van der Waals surface area contributed by atoms with Gasteiger partial charge in [-0.05, 0) is 32.8 Å². The van der Waals surface area contributed by atoms with Crippen LogP contribution in [0, 0.1) is 0 Å². The van der Waals surface area contributed by atoms with E-state index in [-0.39, 0.29) is 11.2 Å². The fourth-order valence-electron chi connectivity index (χ4n) is 2.37. The van der Waals surface area contributed by atoms with Gasteiger partial charge in [-0.15, -0.1) is 0 Å². The maximum absolute atomic E-state index is 6.38. The minimum Gasteiger partial charge on any atom is -0.362 e. The fraction of sp³-hybridized carbons (Fsp3) is 0.571. The van der Waals surface area contributed by atoms with E-state index in [4.69, 9.17) is 4.74 Å². The molecular weight excluding hydrogens is 344 g/mol. The van der Waals surface area contributed by atoms with Gasteiger partial charge >= 0.3 is 0 Å². The van der Waals surface area contributed by atoms with Crippen molar-refractivity contribution in [1.29, 1.82) is 0 Å². The third kappa shape index (κ3) is 2.47. The minimum absolute atomic E-state index is 0.158. The molecule has 0 saturated carbocycles. The zero-order chi connectivity index (χ0) is 12.7. The zero-order valence-corrected chi connectivity index (χ0v) is 13.6. The zero-order valence-electron chi connectivity index (χ0n) is 10.4. The summed E-state index contributed by atoms with van der Waals surface area (Å²) < 4.78 is 6.38. The standard InChI is InChI=1S/C14H18Br2O/c1-13(2)11(15)9-12(16)14(3,17-13)10-7-5-4-6-8-10/h4-8,11-12H,9H2,1-3H3/t11-,12+,14-/m1/s1. The van der Waals surface area contributed by atoms with E-state index in [1.54, 1.807) is 0 Å². The smallest absolute Gasteiger partial charge is 0.104 e. The quantitative estimate of drug-likeness (QED) is 0.662. The van der Waals surface area contributed by atoms with Gasteiger partial charge in [0.1, 0.15) is 5.60 Å². The van der Waals surface area contributed by atoms with Crippen LogP contribution in [0.15, 0.2) is 30.3 Å². The Morgan fingerprint density at radius 3 is 2.24 bits per heavy atom. The van der Waals surface area contributed by atoms with Gasteiger partial charge in [0.25, 0.3) is 0 Å². The predicted octanol–water partition coefficient (Wildman–Crippen LogP) is 4.63. The highest BCUT2D eigenvalue weighted by Crippen LogP contribution is 2.47. The molecule has 0 amide bonds. The number of halogens is 2. The summed E-state index contributed by atoms with van der Waals surface area (Å²) in [7, 11) is 0. The minimum atomic E-state index is -0.269. The normalized spacial score (nSPS) is 36.8. The molecule has 1 saturated heterocycles. The first kappa shape index (κ1) is 13.6. The van der Waals surface area contributed by atoms with Crippen LogP contribution in [-0.4, -0.2) is 15.3 Å². The Hall–Kier alpha value is 0.140. The first-order chi connectivity index (χ1) is 7.86. The maximum Gasteiger partial charge on any atom is 0.104 e. The van der Waals surface area contributed by atoms with Crippen LogP contribution >= 0.6 is 31.9 Å². The second-order valence-electron chi connectivity index (χ2n) is 5.35. The molecule has 0 N–H and O–H groups in total. The van der Waals surface area contributed by atoms with Crippen molar-refractivity contribution in [2.24, 2.45) is 0 Å². The van der Waals surface area contributed by atoms with Crippen LogP contribution < -0.4 is 0 Å². The highest BCUT2D eigenvalue weighted by molar-refractivity contribution is 9.10. The second kappa shape index (κ2) is 4.67. The SMILES string of the molecule is CC1(C)O[C@](C)(c2ccccc2)[C@@H](Br)C[C@H]1Br. The van der Waals surface area contributed by atoms with Crippen LogP contribution in [0.25, 0.3) is 0 Å². The molecule has 0 bridgehead atoms. The molecule has 1 aromatic carbocycles. The number of hydrogen-bond donors (Lipinski definition) is 0. The number of alkyl halides is 2. The molecule has 0 unspecified atom stereocenters. The van der Waals surface area contributed by atoms with Crippen molar-refractivity contribution >= 4 is 31.9 Å². The summed E-state index contributed by atoms with van der Waals surface area (Å²) in [6.07, 6.45) is 1.05. The van der Waals surface area contributed by atoms with Gasteiger partial charge in [-0.25, -0.2) is 0 Å². The molecule has 1 aliphatic rings. The summed E-state index contributed by atoms with van der Waals surface area (Å²) in [6.45, 7) is 6.46. The Bertz CT molecular complexity index is 390. The molecule has 1 fully saturated rings. The Kier molecular flexibility index (Phi) is 3.73. The maximum atomic E-state index is 6.38. The summed E-state index contributed by atoms with van der Waals surface area (Å²) in [5, 5.41) is 0. The molecule has 1 heterocycles. The molecule has 0 radical (unpaired) electrons. The van der Waals surface area contributed by atoms with E-state index < -0.39 is 0 Å². The van der Waals surface area contributed by atoms with Crippen molar-refractivity contribution < 1.29 is 4.74 Å². The highest BCUT2D eigenvalue weighted by Gasteiger charge is 2.48. The van der Waals surface area contributed by atoms with Crippen LogP contribution in [-0.2, 0) is 10.3 Å². The first-order valence-corrected chi connectivity index (χ1v) is 7.73. The Labute approximate surface area is 120 Å². The van der Waals surface area contributed by atoms with E-state index in [1.807, 2.05) is 6.07 Å². The lowest BCUT2D eigenvalue weighted by Gasteiger charge is -2.49. The topological polar surface area (TPSA) is 9.23 Å².